The van der Waals surface area contributed by atoms with Crippen molar-refractivity contribution in [2.24, 2.45) is 0 Å². The average molecular weight is 419 g/mol. The van der Waals surface area contributed by atoms with Gasteiger partial charge in [0.2, 0.25) is 0 Å². The lowest BCUT2D eigenvalue weighted by atomic mass is 10.0. The summed E-state index contributed by atoms with van der Waals surface area (Å²) in [6, 6.07) is 1.92. The Labute approximate surface area is 153 Å². The molecule has 0 aliphatic carbocycles. The molecule has 0 saturated carbocycles. The van der Waals surface area contributed by atoms with Crippen molar-refractivity contribution in [2.45, 2.75) is 45.3 Å². The first kappa shape index (κ1) is 19.6. The first-order valence-electron chi connectivity index (χ1n) is 8.00. The maximum atomic E-state index is 13.9. The van der Waals surface area contributed by atoms with Crippen LogP contribution in [0.15, 0.2) is 16.6 Å². The van der Waals surface area contributed by atoms with Gasteiger partial charge < -0.3 is 15.0 Å². The first-order valence-corrected chi connectivity index (χ1v) is 8.79. The minimum atomic E-state index is -1.17. The van der Waals surface area contributed by atoms with Crippen LogP contribution < -0.4 is 5.32 Å². The summed E-state index contributed by atoms with van der Waals surface area (Å²) in [5.74, 6) is -2.86. The molecule has 1 N–H and O–H groups in total. The Morgan fingerprint density at radius 2 is 2.00 bits per heavy atom. The maximum absolute atomic E-state index is 13.9. The Hall–Kier alpha value is -1.70. The summed E-state index contributed by atoms with van der Waals surface area (Å²) in [6.45, 7) is 5.90. The number of halogens is 3. The van der Waals surface area contributed by atoms with E-state index in [9.17, 15) is 18.4 Å². The number of hydrogen-bond donors (Lipinski definition) is 1. The molecule has 25 heavy (non-hydrogen) atoms. The molecule has 1 aliphatic rings. The fourth-order valence-corrected chi connectivity index (χ4v) is 3.07. The van der Waals surface area contributed by atoms with Crippen molar-refractivity contribution in [3.8, 4) is 0 Å². The van der Waals surface area contributed by atoms with Gasteiger partial charge in [-0.3, -0.25) is 4.79 Å². The van der Waals surface area contributed by atoms with Crippen LogP contribution in [0.2, 0.25) is 0 Å². The van der Waals surface area contributed by atoms with Gasteiger partial charge in [0.05, 0.1) is 5.56 Å². The van der Waals surface area contributed by atoms with Gasteiger partial charge in [-0.15, -0.1) is 0 Å². The molecule has 0 bridgehead atoms. The van der Waals surface area contributed by atoms with Crippen molar-refractivity contribution >= 4 is 27.9 Å². The van der Waals surface area contributed by atoms with Gasteiger partial charge >= 0.3 is 6.09 Å². The van der Waals surface area contributed by atoms with Crippen LogP contribution in [-0.4, -0.2) is 41.6 Å². The lowest BCUT2D eigenvalue weighted by Crippen LogP contribution is -2.50. The topological polar surface area (TPSA) is 58.6 Å². The number of hydrogen-bond acceptors (Lipinski definition) is 3. The second-order valence-electron chi connectivity index (χ2n) is 6.99. The summed E-state index contributed by atoms with van der Waals surface area (Å²) in [4.78, 5) is 25.8. The molecule has 2 amide bonds. The van der Waals surface area contributed by atoms with Gasteiger partial charge in [-0.2, -0.15) is 0 Å². The highest BCUT2D eigenvalue weighted by atomic mass is 79.9. The second-order valence-corrected chi connectivity index (χ2v) is 7.90. The third kappa shape index (κ3) is 5.39. The minimum Gasteiger partial charge on any atom is -0.444 e. The normalized spacial score (nSPS) is 18.0. The van der Waals surface area contributed by atoms with Crippen LogP contribution in [0.4, 0.5) is 13.6 Å². The predicted molar refractivity (Wildman–Crippen MR) is 92.4 cm³/mol. The Balaban J connectivity index is 2.06. The zero-order chi connectivity index (χ0) is 18.8. The van der Waals surface area contributed by atoms with Gasteiger partial charge in [0.15, 0.2) is 11.6 Å². The van der Waals surface area contributed by atoms with Crippen molar-refractivity contribution in [2.75, 3.05) is 13.1 Å². The number of alkyl carbamates (subject to hydrolysis) is 1. The van der Waals surface area contributed by atoms with E-state index in [4.69, 9.17) is 4.74 Å². The lowest BCUT2D eigenvalue weighted by molar-refractivity contribution is 0.0451. The predicted octanol–water partition coefficient (Wildman–Crippen LogP) is 3.86. The van der Waals surface area contributed by atoms with Crippen molar-refractivity contribution in [3.05, 3.63) is 33.8 Å². The second kappa shape index (κ2) is 7.68. The Bertz CT molecular complexity index is 677. The van der Waals surface area contributed by atoms with Crippen LogP contribution >= 0.6 is 15.9 Å². The summed E-state index contributed by atoms with van der Waals surface area (Å²) in [6.07, 6.45) is 0.759. The van der Waals surface area contributed by atoms with Gasteiger partial charge in [-0.25, -0.2) is 13.6 Å². The molecule has 8 heteroatoms. The van der Waals surface area contributed by atoms with E-state index in [0.29, 0.717) is 19.4 Å². The molecular formula is C17H21BrF2N2O3. The number of nitrogens with one attached hydrogen (secondary N) is 1. The van der Waals surface area contributed by atoms with Crippen molar-refractivity contribution in [3.63, 3.8) is 0 Å². The molecule has 5 nitrogen and oxygen atoms in total. The average Bonchev–Trinajstić information content (AvgIpc) is 2.48. The number of ether oxygens (including phenoxy) is 1. The number of carbonyl (C=O) groups excluding carboxylic acids is 2. The van der Waals surface area contributed by atoms with Crippen LogP contribution in [0.25, 0.3) is 0 Å². The van der Waals surface area contributed by atoms with Gasteiger partial charge in [0.25, 0.3) is 5.91 Å². The number of carbonyl (C=O) groups is 2. The number of piperidine rings is 1. The van der Waals surface area contributed by atoms with Gasteiger partial charge in [0.1, 0.15) is 5.60 Å². The Morgan fingerprint density at radius 3 is 2.64 bits per heavy atom. The van der Waals surface area contributed by atoms with E-state index >= 15 is 0 Å². The fourth-order valence-electron chi connectivity index (χ4n) is 2.64. The summed E-state index contributed by atoms with van der Waals surface area (Å²) in [5.41, 5.74) is -0.949. The highest BCUT2D eigenvalue weighted by Crippen LogP contribution is 2.22. The van der Waals surface area contributed by atoms with Gasteiger partial charge in [0, 0.05) is 23.6 Å². The standard InChI is InChI=1S/C17H21BrF2N2O3/c1-17(2,3)25-16(24)21-11-5-4-6-22(9-11)15(23)12-7-10(18)8-13(19)14(12)20/h7-8,11H,4-6,9H2,1-3H3,(H,21,24)/t11-/m0/s1. The molecular weight excluding hydrogens is 398 g/mol. The van der Waals surface area contributed by atoms with E-state index in [-0.39, 0.29) is 22.6 Å². The molecule has 0 aromatic heterocycles. The molecule has 1 aliphatic heterocycles. The van der Waals surface area contributed by atoms with Crippen LogP contribution in [0.5, 0.6) is 0 Å². The van der Waals surface area contributed by atoms with E-state index in [2.05, 4.69) is 21.2 Å². The molecule has 1 atom stereocenters. The quantitative estimate of drug-likeness (QED) is 0.741. The van der Waals surface area contributed by atoms with Crippen LogP contribution in [0.3, 0.4) is 0 Å². The minimum absolute atomic E-state index is 0.214. The van der Waals surface area contributed by atoms with Crippen molar-refractivity contribution in [1.82, 2.24) is 10.2 Å². The molecule has 0 spiro atoms. The first-order chi connectivity index (χ1) is 11.6. The molecule has 1 aromatic rings. The van der Waals surface area contributed by atoms with E-state index in [1.165, 1.54) is 11.0 Å². The molecule has 1 saturated heterocycles. The molecule has 2 rings (SSSR count). The lowest BCUT2D eigenvalue weighted by Gasteiger charge is -2.33. The zero-order valence-electron chi connectivity index (χ0n) is 14.4. The third-order valence-corrected chi connectivity index (χ3v) is 4.11. The summed E-state index contributed by atoms with van der Waals surface area (Å²) in [5, 5.41) is 2.72. The van der Waals surface area contributed by atoms with Crippen LogP contribution in [0, 0.1) is 11.6 Å². The van der Waals surface area contributed by atoms with Crippen molar-refractivity contribution < 1.29 is 23.1 Å². The highest BCUT2D eigenvalue weighted by molar-refractivity contribution is 9.10. The summed E-state index contributed by atoms with van der Waals surface area (Å²) in [7, 11) is 0. The van der Waals surface area contributed by atoms with Crippen molar-refractivity contribution in [1.29, 1.82) is 0 Å². The number of nitrogens with zero attached hydrogens (tertiary/aromatic N) is 1. The van der Waals surface area contributed by atoms with E-state index in [1.54, 1.807) is 20.8 Å². The molecule has 1 heterocycles. The number of amides is 2. The zero-order valence-corrected chi connectivity index (χ0v) is 16.0. The summed E-state index contributed by atoms with van der Waals surface area (Å²) >= 11 is 3.06. The van der Waals surface area contributed by atoms with E-state index < -0.39 is 29.2 Å². The molecule has 1 fully saturated rings. The molecule has 0 unspecified atom stereocenters. The van der Waals surface area contributed by atoms with Crippen LogP contribution in [0.1, 0.15) is 44.0 Å². The smallest absolute Gasteiger partial charge is 0.407 e. The SMILES string of the molecule is CC(C)(C)OC(=O)N[C@H]1CCCN(C(=O)c2cc(Br)cc(F)c2F)C1. The largest absolute Gasteiger partial charge is 0.444 e. The third-order valence-electron chi connectivity index (χ3n) is 3.65. The van der Waals surface area contributed by atoms with E-state index in [1.807, 2.05) is 0 Å². The molecule has 0 radical (unpaired) electrons. The molecule has 1 aromatic carbocycles. The van der Waals surface area contributed by atoms with Crippen LogP contribution in [-0.2, 0) is 4.74 Å². The van der Waals surface area contributed by atoms with Gasteiger partial charge in [-0.05, 0) is 45.7 Å². The number of likely N-dealkylation sites (tertiary alicyclic amines) is 1. The monoisotopic (exact) mass is 418 g/mol. The maximum Gasteiger partial charge on any atom is 0.407 e. The molecule has 138 valence electrons. The fraction of sp³-hybridized carbons (Fsp3) is 0.529. The number of benzene rings is 1. The Morgan fingerprint density at radius 1 is 1.32 bits per heavy atom. The Kier molecular flexibility index (Phi) is 6.03. The number of rotatable bonds is 2. The highest BCUT2D eigenvalue weighted by Gasteiger charge is 2.29. The summed E-state index contributed by atoms with van der Waals surface area (Å²) < 4.78 is 33.0. The van der Waals surface area contributed by atoms with E-state index in [0.717, 1.165) is 6.07 Å². The van der Waals surface area contributed by atoms with Gasteiger partial charge in [-0.1, -0.05) is 15.9 Å².